The Morgan fingerprint density at radius 1 is 1.00 bits per heavy atom. The molecule has 2 aromatic carbocycles. The van der Waals surface area contributed by atoms with E-state index in [9.17, 15) is 27.2 Å². The minimum absolute atomic E-state index is 0.0283. The summed E-state index contributed by atoms with van der Waals surface area (Å²) in [6.45, 7) is 4.96. The standard InChI is InChI=1S/C23H21Cl3F4N2O3/c1-22(2,3)35-21(34)32(4)31-20(33)13-7-5-12(6-8-13)18(27)11-15(23(28,29)30)14-9-16(24)19(26)17(25)10-14/h5-11,15H,1-4H3,(H,31,33)/b18-11-. The SMILES string of the molecule is CN(NC(=O)c1ccc(/C(F)=C/C(c2cc(Cl)c(Cl)c(Cl)c2)C(F)(F)F)cc1)C(=O)OC(C)(C)C. The van der Waals surface area contributed by atoms with Gasteiger partial charge in [-0.05, 0) is 56.7 Å². The maximum Gasteiger partial charge on any atom is 0.428 e. The van der Waals surface area contributed by atoms with Crippen LogP contribution in [0.15, 0.2) is 42.5 Å². The van der Waals surface area contributed by atoms with E-state index in [1.807, 2.05) is 0 Å². The highest BCUT2D eigenvalue weighted by Crippen LogP contribution is 2.42. The van der Waals surface area contributed by atoms with Gasteiger partial charge < -0.3 is 4.74 Å². The van der Waals surface area contributed by atoms with Crippen molar-refractivity contribution in [3.8, 4) is 0 Å². The highest BCUT2D eigenvalue weighted by Gasteiger charge is 2.40. The summed E-state index contributed by atoms with van der Waals surface area (Å²) in [5.41, 5.74) is 0.931. The molecule has 190 valence electrons. The minimum Gasteiger partial charge on any atom is -0.442 e. The fraction of sp³-hybridized carbons (Fsp3) is 0.304. The molecule has 0 fully saturated rings. The van der Waals surface area contributed by atoms with Crippen LogP contribution in [0.2, 0.25) is 15.1 Å². The van der Waals surface area contributed by atoms with Gasteiger partial charge in [0.25, 0.3) is 5.91 Å². The predicted molar refractivity (Wildman–Crippen MR) is 127 cm³/mol. The van der Waals surface area contributed by atoms with Gasteiger partial charge in [0.2, 0.25) is 0 Å². The first-order chi connectivity index (χ1) is 16.0. The van der Waals surface area contributed by atoms with Gasteiger partial charge in [0.15, 0.2) is 0 Å². The number of ether oxygens (including phenoxy) is 1. The number of carbonyl (C=O) groups is 2. The molecule has 1 unspecified atom stereocenters. The predicted octanol–water partition coefficient (Wildman–Crippen LogP) is 7.82. The Balaban J connectivity index is 2.24. The van der Waals surface area contributed by atoms with Crippen molar-refractivity contribution < 1.29 is 31.9 Å². The third-order valence-electron chi connectivity index (χ3n) is 4.39. The number of rotatable bonds is 4. The van der Waals surface area contributed by atoms with Crippen LogP contribution >= 0.6 is 34.8 Å². The van der Waals surface area contributed by atoms with E-state index in [1.165, 1.54) is 19.2 Å². The molecule has 2 aromatic rings. The van der Waals surface area contributed by atoms with Crippen LogP contribution in [-0.2, 0) is 4.74 Å². The number of benzene rings is 2. The van der Waals surface area contributed by atoms with Gasteiger partial charge in [-0.25, -0.2) is 14.2 Å². The number of allylic oxidation sites excluding steroid dienone is 1. The van der Waals surface area contributed by atoms with Crippen molar-refractivity contribution in [2.45, 2.75) is 38.5 Å². The van der Waals surface area contributed by atoms with E-state index in [1.54, 1.807) is 20.8 Å². The highest BCUT2D eigenvalue weighted by molar-refractivity contribution is 6.48. The number of hydrogen-bond donors (Lipinski definition) is 1. The molecule has 0 heterocycles. The molecule has 0 radical (unpaired) electrons. The maximum absolute atomic E-state index is 14.8. The van der Waals surface area contributed by atoms with Gasteiger partial charge >= 0.3 is 12.3 Å². The lowest BCUT2D eigenvalue weighted by Gasteiger charge is -2.24. The molecule has 0 saturated heterocycles. The lowest BCUT2D eigenvalue weighted by atomic mass is 9.96. The second-order valence-corrected chi connectivity index (χ2v) is 9.58. The Hall–Kier alpha value is -2.49. The van der Waals surface area contributed by atoms with Crippen LogP contribution < -0.4 is 5.43 Å². The third kappa shape index (κ3) is 8.02. The van der Waals surface area contributed by atoms with Crippen LogP contribution in [0.25, 0.3) is 5.83 Å². The van der Waals surface area contributed by atoms with Gasteiger partial charge in [-0.15, -0.1) is 0 Å². The molecule has 35 heavy (non-hydrogen) atoms. The fourth-order valence-corrected chi connectivity index (χ4v) is 3.36. The molecular weight excluding hydrogens is 535 g/mol. The van der Waals surface area contributed by atoms with Crippen LogP contribution in [0.1, 0.15) is 48.2 Å². The Kier molecular flexibility index (Phi) is 9.08. The minimum atomic E-state index is -4.86. The zero-order valence-electron chi connectivity index (χ0n) is 18.9. The van der Waals surface area contributed by atoms with E-state index < -0.39 is 41.1 Å². The maximum atomic E-state index is 14.8. The number of alkyl halides is 3. The van der Waals surface area contributed by atoms with Crippen molar-refractivity contribution in [1.82, 2.24) is 10.4 Å². The summed E-state index contributed by atoms with van der Waals surface area (Å²) >= 11 is 17.5. The molecule has 1 atom stereocenters. The second kappa shape index (κ2) is 11.1. The number of hydrogen-bond acceptors (Lipinski definition) is 3. The summed E-state index contributed by atoms with van der Waals surface area (Å²) in [4.78, 5) is 24.3. The molecule has 0 aliphatic carbocycles. The molecule has 1 N–H and O–H groups in total. The van der Waals surface area contributed by atoms with Crippen LogP contribution in [0.5, 0.6) is 0 Å². The fourth-order valence-electron chi connectivity index (χ4n) is 2.75. The van der Waals surface area contributed by atoms with E-state index in [-0.39, 0.29) is 26.2 Å². The van der Waals surface area contributed by atoms with Crippen LogP contribution in [0, 0.1) is 0 Å². The summed E-state index contributed by atoms with van der Waals surface area (Å²) in [7, 11) is 1.27. The highest BCUT2D eigenvalue weighted by atomic mass is 35.5. The van der Waals surface area contributed by atoms with Gasteiger partial charge in [0.05, 0.1) is 15.1 Å². The Morgan fingerprint density at radius 3 is 1.94 bits per heavy atom. The summed E-state index contributed by atoms with van der Waals surface area (Å²) in [6.07, 6.45) is -5.29. The summed E-state index contributed by atoms with van der Waals surface area (Å²) in [5, 5.41) is 0.305. The monoisotopic (exact) mass is 554 g/mol. The van der Waals surface area contributed by atoms with Gasteiger partial charge in [0, 0.05) is 18.2 Å². The van der Waals surface area contributed by atoms with Gasteiger partial charge in [-0.3, -0.25) is 10.2 Å². The molecular formula is C23H21Cl3F4N2O3. The number of hydrazine groups is 1. The number of amides is 2. The van der Waals surface area contributed by atoms with Gasteiger partial charge in [-0.1, -0.05) is 46.9 Å². The van der Waals surface area contributed by atoms with Gasteiger partial charge in [0.1, 0.15) is 17.3 Å². The summed E-state index contributed by atoms with van der Waals surface area (Å²) in [6, 6.07) is 6.57. The average molecular weight is 556 g/mol. The van der Waals surface area contributed by atoms with E-state index in [4.69, 9.17) is 39.5 Å². The molecule has 0 spiro atoms. The summed E-state index contributed by atoms with van der Waals surface area (Å²) < 4.78 is 60.9. The van der Waals surface area contributed by atoms with Crippen molar-refractivity contribution in [3.63, 3.8) is 0 Å². The first-order valence-corrected chi connectivity index (χ1v) is 11.1. The molecule has 0 bridgehead atoms. The largest absolute Gasteiger partial charge is 0.442 e. The molecule has 0 aromatic heterocycles. The van der Waals surface area contributed by atoms with E-state index in [0.29, 0.717) is 6.08 Å². The smallest absolute Gasteiger partial charge is 0.428 e. The first-order valence-electron chi connectivity index (χ1n) is 9.96. The zero-order chi connectivity index (χ0) is 26.7. The van der Waals surface area contributed by atoms with Crippen molar-refractivity contribution in [2.75, 3.05) is 7.05 Å². The van der Waals surface area contributed by atoms with E-state index in [2.05, 4.69) is 5.43 Å². The van der Waals surface area contributed by atoms with E-state index >= 15 is 0 Å². The quantitative estimate of drug-likeness (QED) is 0.238. The Bertz CT molecular complexity index is 1110. The molecule has 2 rings (SSSR count). The lowest BCUT2D eigenvalue weighted by Crippen LogP contribution is -2.45. The number of carbonyl (C=O) groups excluding carboxylic acids is 2. The van der Waals surface area contributed by atoms with Crippen LogP contribution in [0.3, 0.4) is 0 Å². The average Bonchev–Trinajstić information content (AvgIpc) is 2.73. The third-order valence-corrected chi connectivity index (χ3v) is 5.59. The molecule has 2 amide bonds. The van der Waals surface area contributed by atoms with E-state index in [0.717, 1.165) is 29.3 Å². The molecule has 12 heteroatoms. The zero-order valence-corrected chi connectivity index (χ0v) is 21.2. The van der Waals surface area contributed by atoms with Crippen molar-refractivity contribution >= 4 is 52.6 Å². The summed E-state index contributed by atoms with van der Waals surface area (Å²) in [5.74, 6) is -4.26. The normalized spacial score (nSPS) is 13.3. The Labute approximate surface area is 214 Å². The number of halogens is 7. The number of nitrogens with zero attached hydrogens (tertiary/aromatic N) is 1. The molecule has 5 nitrogen and oxygen atoms in total. The van der Waals surface area contributed by atoms with Crippen molar-refractivity contribution in [1.29, 1.82) is 0 Å². The number of nitrogens with one attached hydrogen (secondary N) is 1. The van der Waals surface area contributed by atoms with Crippen molar-refractivity contribution in [2.24, 2.45) is 0 Å². The first kappa shape index (κ1) is 28.7. The Morgan fingerprint density at radius 2 is 1.49 bits per heavy atom. The van der Waals surface area contributed by atoms with Crippen LogP contribution in [-0.4, -0.2) is 35.8 Å². The van der Waals surface area contributed by atoms with Crippen LogP contribution in [0.4, 0.5) is 22.4 Å². The molecule has 0 aliphatic heterocycles. The molecule has 0 saturated carbocycles. The molecule has 0 aliphatic rings. The second-order valence-electron chi connectivity index (χ2n) is 8.39. The van der Waals surface area contributed by atoms with Gasteiger partial charge in [-0.2, -0.15) is 13.2 Å². The van der Waals surface area contributed by atoms with Crippen molar-refractivity contribution in [3.05, 3.63) is 74.2 Å². The lowest BCUT2D eigenvalue weighted by molar-refractivity contribution is -0.139. The topological polar surface area (TPSA) is 58.6 Å².